The van der Waals surface area contributed by atoms with Crippen LogP contribution in [0.3, 0.4) is 0 Å². The second-order valence-corrected chi connectivity index (χ2v) is 7.80. The van der Waals surface area contributed by atoms with Gasteiger partial charge in [0.25, 0.3) is 0 Å². The Morgan fingerprint density at radius 2 is 1.41 bits per heavy atom. The highest BCUT2D eigenvalue weighted by molar-refractivity contribution is 14.0. The van der Waals surface area contributed by atoms with Crippen molar-refractivity contribution in [2.24, 2.45) is 4.99 Å². The van der Waals surface area contributed by atoms with Crippen LogP contribution in [0.2, 0.25) is 0 Å². The second kappa shape index (κ2) is 14.3. The van der Waals surface area contributed by atoms with Crippen molar-refractivity contribution in [3.8, 4) is 5.75 Å². The van der Waals surface area contributed by atoms with Crippen molar-refractivity contribution >= 4 is 29.9 Å². The molecule has 7 heteroatoms. The fourth-order valence-corrected chi connectivity index (χ4v) is 3.91. The molecule has 1 saturated heterocycles. The van der Waals surface area contributed by atoms with Crippen LogP contribution in [0.25, 0.3) is 0 Å². The molecule has 2 N–H and O–H groups in total. The topological polar surface area (TPSA) is 52.1 Å². The van der Waals surface area contributed by atoms with E-state index in [-0.39, 0.29) is 24.0 Å². The van der Waals surface area contributed by atoms with Gasteiger partial charge >= 0.3 is 0 Å². The number of aliphatic imine (C=N–C) groups is 1. The minimum atomic E-state index is 0. The maximum absolute atomic E-state index is 5.73. The molecule has 6 nitrogen and oxygen atoms in total. The number of ether oxygens (including phenoxy) is 1. The van der Waals surface area contributed by atoms with E-state index in [0.29, 0.717) is 13.2 Å². The lowest BCUT2D eigenvalue weighted by Crippen LogP contribution is -2.45. The Morgan fingerprint density at radius 1 is 0.844 bits per heavy atom. The van der Waals surface area contributed by atoms with E-state index < -0.39 is 0 Å². The van der Waals surface area contributed by atoms with Gasteiger partial charge in [0.05, 0.1) is 6.61 Å². The smallest absolute Gasteiger partial charge is 0.191 e. The molecule has 0 saturated carbocycles. The number of piperazine rings is 1. The molecule has 0 amide bonds. The van der Waals surface area contributed by atoms with Gasteiger partial charge in [-0.15, -0.1) is 24.0 Å². The fourth-order valence-electron chi connectivity index (χ4n) is 3.91. The molecule has 0 aromatic heterocycles. The number of hydrogen-bond donors (Lipinski definition) is 2. The van der Waals surface area contributed by atoms with E-state index in [9.17, 15) is 0 Å². The fraction of sp³-hybridized carbons (Fsp3) is 0.480. The van der Waals surface area contributed by atoms with E-state index in [2.05, 4.69) is 62.7 Å². The molecule has 1 fully saturated rings. The quantitative estimate of drug-likeness (QED) is 0.283. The summed E-state index contributed by atoms with van der Waals surface area (Å²) in [4.78, 5) is 9.47. The molecular formula is C25H38IN5O. The molecule has 0 bridgehead atoms. The highest BCUT2D eigenvalue weighted by Gasteiger charge is 2.16. The molecule has 3 rings (SSSR count). The number of rotatable bonds is 9. The summed E-state index contributed by atoms with van der Waals surface area (Å²) in [7, 11) is 1.81. The lowest BCUT2D eigenvalue weighted by molar-refractivity contribution is 0.131. The van der Waals surface area contributed by atoms with E-state index in [1.54, 1.807) is 0 Å². The largest absolute Gasteiger partial charge is 0.494 e. The summed E-state index contributed by atoms with van der Waals surface area (Å²) in [5.41, 5.74) is 3.83. The minimum Gasteiger partial charge on any atom is -0.494 e. The average molecular weight is 552 g/mol. The van der Waals surface area contributed by atoms with Gasteiger partial charge in [-0.3, -0.25) is 9.89 Å². The van der Waals surface area contributed by atoms with Gasteiger partial charge < -0.3 is 20.3 Å². The van der Waals surface area contributed by atoms with Gasteiger partial charge in [-0.1, -0.05) is 49.4 Å². The Morgan fingerprint density at radius 3 is 2.03 bits per heavy atom. The Labute approximate surface area is 210 Å². The molecule has 2 aromatic carbocycles. The number of para-hydroxylation sites is 1. The van der Waals surface area contributed by atoms with Gasteiger partial charge in [0, 0.05) is 58.4 Å². The first-order valence-corrected chi connectivity index (χ1v) is 11.4. The number of hydrogen-bond acceptors (Lipinski definition) is 4. The van der Waals surface area contributed by atoms with E-state index in [0.717, 1.165) is 63.1 Å². The normalized spacial score (nSPS) is 15.2. The zero-order valence-electron chi connectivity index (χ0n) is 19.6. The van der Waals surface area contributed by atoms with Crippen LogP contribution in [-0.4, -0.2) is 62.1 Å². The van der Waals surface area contributed by atoms with Crippen molar-refractivity contribution < 1.29 is 4.74 Å². The average Bonchev–Trinajstić information content (AvgIpc) is 2.81. The van der Waals surface area contributed by atoms with Crippen LogP contribution in [0.15, 0.2) is 53.5 Å². The maximum atomic E-state index is 5.73. The molecule has 2 aromatic rings. The molecule has 0 atom stereocenters. The first-order valence-electron chi connectivity index (χ1n) is 11.4. The SMILES string of the molecule is CCOc1ccccc1CNC(=NC)NCc1ccccc1CN1CCN(CC)CC1.I. The van der Waals surface area contributed by atoms with Crippen molar-refractivity contribution in [2.75, 3.05) is 46.4 Å². The summed E-state index contributed by atoms with van der Waals surface area (Å²) >= 11 is 0. The van der Waals surface area contributed by atoms with E-state index >= 15 is 0 Å². The molecule has 0 aliphatic carbocycles. The van der Waals surface area contributed by atoms with Crippen molar-refractivity contribution in [3.05, 3.63) is 65.2 Å². The minimum absolute atomic E-state index is 0. The number of benzene rings is 2. The molecular weight excluding hydrogens is 513 g/mol. The number of likely N-dealkylation sites (N-methyl/N-ethyl adjacent to an activating group) is 1. The number of guanidine groups is 1. The van der Waals surface area contributed by atoms with Crippen LogP contribution in [0.4, 0.5) is 0 Å². The Kier molecular flexibility index (Phi) is 11.8. The number of halogens is 1. The third kappa shape index (κ3) is 7.94. The van der Waals surface area contributed by atoms with Crippen LogP contribution in [0, 0.1) is 0 Å². The van der Waals surface area contributed by atoms with Crippen LogP contribution >= 0.6 is 24.0 Å². The van der Waals surface area contributed by atoms with Crippen LogP contribution in [-0.2, 0) is 19.6 Å². The highest BCUT2D eigenvalue weighted by atomic mass is 127. The maximum Gasteiger partial charge on any atom is 0.191 e. The van der Waals surface area contributed by atoms with Crippen LogP contribution in [0.1, 0.15) is 30.5 Å². The molecule has 0 radical (unpaired) electrons. The van der Waals surface area contributed by atoms with Gasteiger partial charge in [-0.05, 0) is 30.7 Å². The van der Waals surface area contributed by atoms with E-state index in [1.807, 2.05) is 32.2 Å². The Balaban J connectivity index is 0.00000363. The predicted molar refractivity (Wildman–Crippen MR) is 144 cm³/mol. The van der Waals surface area contributed by atoms with Crippen molar-refractivity contribution in [3.63, 3.8) is 0 Å². The van der Waals surface area contributed by atoms with Gasteiger partial charge in [0.1, 0.15) is 5.75 Å². The summed E-state index contributed by atoms with van der Waals surface area (Å²) in [6, 6.07) is 16.8. The lowest BCUT2D eigenvalue weighted by atomic mass is 10.1. The summed E-state index contributed by atoms with van der Waals surface area (Å²) in [6.07, 6.45) is 0. The molecule has 1 aliphatic heterocycles. The highest BCUT2D eigenvalue weighted by Crippen LogP contribution is 2.17. The van der Waals surface area contributed by atoms with Crippen molar-refractivity contribution in [2.45, 2.75) is 33.5 Å². The molecule has 0 spiro atoms. The third-order valence-corrected chi connectivity index (χ3v) is 5.81. The first kappa shape index (κ1) is 26.4. The van der Waals surface area contributed by atoms with Crippen molar-refractivity contribution in [1.29, 1.82) is 0 Å². The van der Waals surface area contributed by atoms with Crippen LogP contribution in [0.5, 0.6) is 5.75 Å². The molecule has 1 heterocycles. The monoisotopic (exact) mass is 551 g/mol. The summed E-state index contributed by atoms with van der Waals surface area (Å²) < 4.78 is 5.73. The van der Waals surface area contributed by atoms with Crippen LogP contribution < -0.4 is 15.4 Å². The molecule has 1 aliphatic rings. The Hall–Kier alpha value is -1.84. The van der Waals surface area contributed by atoms with Gasteiger partial charge in [-0.25, -0.2) is 0 Å². The number of nitrogens with one attached hydrogen (secondary N) is 2. The lowest BCUT2D eigenvalue weighted by Gasteiger charge is -2.34. The molecule has 176 valence electrons. The zero-order valence-corrected chi connectivity index (χ0v) is 22.0. The van der Waals surface area contributed by atoms with Gasteiger partial charge in [0.15, 0.2) is 5.96 Å². The first-order chi connectivity index (χ1) is 15.2. The zero-order chi connectivity index (χ0) is 21.9. The Bertz CT molecular complexity index is 837. The number of nitrogens with zero attached hydrogens (tertiary/aromatic N) is 3. The van der Waals surface area contributed by atoms with Gasteiger partial charge in [-0.2, -0.15) is 0 Å². The molecule has 0 unspecified atom stereocenters. The predicted octanol–water partition coefficient (Wildman–Crippen LogP) is 3.71. The standard InChI is InChI=1S/C25H37N5O.HI/c1-4-29-14-16-30(17-15-29)20-23-12-7-6-10-21(23)18-27-25(26-3)28-19-22-11-8-9-13-24(22)31-5-2;/h6-13H,4-5,14-20H2,1-3H3,(H2,26,27,28);1H. The third-order valence-electron chi connectivity index (χ3n) is 5.81. The summed E-state index contributed by atoms with van der Waals surface area (Å²) in [5, 5.41) is 6.88. The van der Waals surface area contributed by atoms with Gasteiger partial charge in [0.2, 0.25) is 0 Å². The van der Waals surface area contributed by atoms with Crippen molar-refractivity contribution in [1.82, 2.24) is 20.4 Å². The summed E-state index contributed by atoms with van der Waals surface area (Å²) in [6.45, 7) is 13.1. The summed E-state index contributed by atoms with van der Waals surface area (Å²) in [5.74, 6) is 1.71. The molecule has 32 heavy (non-hydrogen) atoms. The second-order valence-electron chi connectivity index (χ2n) is 7.80. The van der Waals surface area contributed by atoms with E-state index in [1.165, 1.54) is 11.1 Å². The van der Waals surface area contributed by atoms with E-state index in [4.69, 9.17) is 4.74 Å².